The Labute approximate surface area is 220 Å². The zero-order valence-corrected chi connectivity index (χ0v) is 22.2. The van der Waals surface area contributed by atoms with E-state index < -0.39 is 0 Å². The summed E-state index contributed by atoms with van der Waals surface area (Å²) in [4.78, 5) is 25.6. The Balaban J connectivity index is 1.43. The largest absolute Gasteiger partial charge is 0.497 e. The highest BCUT2D eigenvalue weighted by atomic mass is 32.2. The van der Waals surface area contributed by atoms with Gasteiger partial charge < -0.3 is 19.9 Å². The maximum absolute atomic E-state index is 12.9. The molecule has 192 valence electrons. The predicted molar refractivity (Wildman–Crippen MR) is 147 cm³/mol. The van der Waals surface area contributed by atoms with Gasteiger partial charge in [-0.1, -0.05) is 55.9 Å². The number of ether oxygens (including phenoxy) is 1. The first-order valence-corrected chi connectivity index (χ1v) is 13.2. The fourth-order valence-corrected chi connectivity index (χ4v) is 4.83. The van der Waals surface area contributed by atoms with Gasteiger partial charge in [0.2, 0.25) is 5.91 Å². The zero-order valence-electron chi connectivity index (χ0n) is 21.4. The predicted octanol–water partition coefficient (Wildman–Crippen LogP) is 5.32. The summed E-state index contributed by atoms with van der Waals surface area (Å²) in [7, 11) is 1.59. The Morgan fingerprint density at radius 2 is 1.73 bits per heavy atom. The summed E-state index contributed by atoms with van der Waals surface area (Å²) >= 11 is 1.32. The van der Waals surface area contributed by atoms with E-state index >= 15 is 0 Å². The zero-order chi connectivity index (χ0) is 26.4. The van der Waals surface area contributed by atoms with Crippen LogP contribution in [0, 0.1) is 5.92 Å². The van der Waals surface area contributed by atoms with Gasteiger partial charge in [0.25, 0.3) is 5.91 Å². The van der Waals surface area contributed by atoms with Gasteiger partial charge in [0, 0.05) is 17.8 Å². The minimum Gasteiger partial charge on any atom is -0.497 e. The Bertz CT molecular complexity index is 1380. The second-order valence-corrected chi connectivity index (χ2v) is 9.85. The van der Waals surface area contributed by atoms with E-state index in [0.717, 1.165) is 16.5 Å². The molecular weight excluding hydrogens is 486 g/mol. The Morgan fingerprint density at radius 1 is 1.00 bits per heavy atom. The van der Waals surface area contributed by atoms with Crippen LogP contribution in [-0.4, -0.2) is 39.4 Å². The SMILES string of the molecule is CCn1c(SCC(=O)Nc2ccc3ccccc3c2)nnc1[C@H](NC(=O)c1ccc(OC)cc1)C(C)C. The van der Waals surface area contributed by atoms with Crippen LogP contribution in [0.25, 0.3) is 10.8 Å². The number of benzene rings is 3. The summed E-state index contributed by atoms with van der Waals surface area (Å²) in [5.41, 5.74) is 1.29. The number of thioether (sulfide) groups is 1. The third-order valence-corrected chi connectivity index (χ3v) is 6.98. The molecule has 0 spiro atoms. The van der Waals surface area contributed by atoms with E-state index in [1.54, 1.807) is 31.4 Å². The van der Waals surface area contributed by atoms with Crippen LogP contribution in [0.2, 0.25) is 0 Å². The van der Waals surface area contributed by atoms with Crippen LogP contribution in [0.15, 0.2) is 71.9 Å². The molecule has 0 aliphatic heterocycles. The number of hydrogen-bond donors (Lipinski definition) is 2. The van der Waals surface area contributed by atoms with Crippen molar-refractivity contribution in [3.63, 3.8) is 0 Å². The van der Waals surface area contributed by atoms with Crippen molar-refractivity contribution in [2.75, 3.05) is 18.2 Å². The molecule has 3 aromatic carbocycles. The second kappa shape index (κ2) is 11.9. The molecule has 8 nitrogen and oxygen atoms in total. The van der Waals surface area contributed by atoms with Gasteiger partial charge in [-0.3, -0.25) is 9.59 Å². The van der Waals surface area contributed by atoms with Gasteiger partial charge in [0.05, 0.1) is 18.9 Å². The molecule has 0 saturated carbocycles. The number of rotatable bonds is 10. The van der Waals surface area contributed by atoms with Crippen molar-refractivity contribution in [1.29, 1.82) is 0 Å². The molecular formula is C28H31N5O3S. The molecule has 0 aliphatic rings. The highest BCUT2D eigenvalue weighted by Crippen LogP contribution is 2.26. The summed E-state index contributed by atoms with van der Waals surface area (Å²) in [6.07, 6.45) is 0. The van der Waals surface area contributed by atoms with Crippen LogP contribution in [0.3, 0.4) is 0 Å². The molecule has 37 heavy (non-hydrogen) atoms. The molecule has 4 rings (SSSR count). The van der Waals surface area contributed by atoms with E-state index in [-0.39, 0.29) is 29.5 Å². The molecule has 4 aromatic rings. The molecule has 2 amide bonds. The molecule has 0 bridgehead atoms. The van der Waals surface area contributed by atoms with Gasteiger partial charge in [0.1, 0.15) is 5.75 Å². The summed E-state index contributed by atoms with van der Waals surface area (Å²) in [6.45, 7) is 6.66. The van der Waals surface area contributed by atoms with Crippen LogP contribution in [0.5, 0.6) is 5.75 Å². The second-order valence-electron chi connectivity index (χ2n) is 8.91. The van der Waals surface area contributed by atoms with Gasteiger partial charge in [-0.15, -0.1) is 10.2 Å². The van der Waals surface area contributed by atoms with Crippen molar-refractivity contribution in [3.8, 4) is 5.75 Å². The third kappa shape index (κ3) is 6.29. The number of methoxy groups -OCH3 is 1. The lowest BCUT2D eigenvalue weighted by Crippen LogP contribution is -2.33. The first kappa shape index (κ1) is 26.2. The number of carbonyl (C=O) groups is 2. The number of amides is 2. The Morgan fingerprint density at radius 3 is 2.41 bits per heavy atom. The van der Waals surface area contributed by atoms with E-state index in [1.807, 2.05) is 67.8 Å². The normalized spacial score (nSPS) is 11.9. The summed E-state index contributed by atoms with van der Waals surface area (Å²) in [5, 5.41) is 17.6. The lowest BCUT2D eigenvalue weighted by molar-refractivity contribution is -0.113. The van der Waals surface area contributed by atoms with Gasteiger partial charge >= 0.3 is 0 Å². The summed E-state index contributed by atoms with van der Waals surface area (Å²) in [6, 6.07) is 20.5. The van der Waals surface area contributed by atoms with Crippen LogP contribution in [-0.2, 0) is 11.3 Å². The van der Waals surface area contributed by atoms with Gasteiger partial charge in [-0.05, 0) is 60.0 Å². The number of anilines is 1. The summed E-state index contributed by atoms with van der Waals surface area (Å²) in [5.74, 6) is 1.29. The molecule has 0 saturated heterocycles. The number of nitrogens with zero attached hydrogens (tertiary/aromatic N) is 3. The van der Waals surface area contributed by atoms with Crippen molar-refractivity contribution < 1.29 is 14.3 Å². The van der Waals surface area contributed by atoms with E-state index in [0.29, 0.717) is 28.8 Å². The molecule has 1 atom stereocenters. The number of hydrogen-bond acceptors (Lipinski definition) is 6. The molecule has 1 heterocycles. The van der Waals surface area contributed by atoms with Gasteiger partial charge in [-0.25, -0.2) is 0 Å². The number of aromatic nitrogens is 3. The van der Waals surface area contributed by atoms with E-state index in [9.17, 15) is 9.59 Å². The quantitative estimate of drug-likeness (QED) is 0.276. The topological polar surface area (TPSA) is 98.1 Å². The molecule has 1 aromatic heterocycles. The van der Waals surface area contributed by atoms with Crippen LogP contribution in [0.1, 0.15) is 43.0 Å². The Hall–Kier alpha value is -3.85. The number of fused-ring (bicyclic) bond motifs is 1. The molecule has 0 aliphatic carbocycles. The van der Waals surface area contributed by atoms with Crippen LogP contribution < -0.4 is 15.4 Å². The van der Waals surface area contributed by atoms with Crippen molar-refractivity contribution >= 4 is 40.0 Å². The minimum atomic E-state index is -0.345. The van der Waals surface area contributed by atoms with Crippen molar-refractivity contribution in [2.45, 2.75) is 38.5 Å². The molecule has 9 heteroatoms. The lowest BCUT2D eigenvalue weighted by atomic mass is 10.0. The molecule has 0 radical (unpaired) electrons. The number of carbonyl (C=O) groups excluding carboxylic acids is 2. The van der Waals surface area contributed by atoms with Crippen molar-refractivity contribution in [1.82, 2.24) is 20.1 Å². The van der Waals surface area contributed by atoms with Crippen LogP contribution >= 0.6 is 11.8 Å². The van der Waals surface area contributed by atoms with Gasteiger partial charge in [-0.2, -0.15) is 0 Å². The van der Waals surface area contributed by atoms with Crippen molar-refractivity contribution in [3.05, 3.63) is 78.1 Å². The monoisotopic (exact) mass is 517 g/mol. The van der Waals surface area contributed by atoms with E-state index in [2.05, 4.69) is 20.8 Å². The fourth-order valence-electron chi connectivity index (χ4n) is 4.02. The number of nitrogens with one attached hydrogen (secondary N) is 2. The first-order chi connectivity index (χ1) is 17.9. The van der Waals surface area contributed by atoms with Crippen LogP contribution in [0.4, 0.5) is 5.69 Å². The highest BCUT2D eigenvalue weighted by Gasteiger charge is 2.26. The minimum absolute atomic E-state index is 0.0748. The van der Waals surface area contributed by atoms with E-state index in [1.165, 1.54) is 11.8 Å². The third-order valence-electron chi connectivity index (χ3n) is 6.01. The average Bonchev–Trinajstić information content (AvgIpc) is 3.32. The Kier molecular flexibility index (Phi) is 8.45. The maximum Gasteiger partial charge on any atom is 0.251 e. The smallest absolute Gasteiger partial charge is 0.251 e. The van der Waals surface area contributed by atoms with Crippen molar-refractivity contribution in [2.24, 2.45) is 5.92 Å². The van der Waals surface area contributed by atoms with E-state index in [4.69, 9.17) is 4.74 Å². The standard InChI is InChI=1S/C28H31N5O3S/c1-5-33-26(25(18(2)3)30-27(35)20-11-14-23(36-4)15-12-20)31-32-28(33)37-17-24(34)29-22-13-10-19-8-6-7-9-21(19)16-22/h6-16,18,25H,5,17H2,1-4H3,(H,29,34)(H,30,35)/t25-/m1/s1. The summed E-state index contributed by atoms with van der Waals surface area (Å²) < 4.78 is 7.13. The first-order valence-electron chi connectivity index (χ1n) is 12.2. The molecule has 2 N–H and O–H groups in total. The maximum atomic E-state index is 12.9. The van der Waals surface area contributed by atoms with Gasteiger partial charge in [0.15, 0.2) is 11.0 Å². The molecule has 0 unspecified atom stereocenters. The fraction of sp³-hybridized carbons (Fsp3) is 0.286. The lowest BCUT2D eigenvalue weighted by Gasteiger charge is -2.22. The average molecular weight is 518 g/mol. The molecule has 0 fully saturated rings. The highest BCUT2D eigenvalue weighted by molar-refractivity contribution is 7.99.